The molecule has 1 atom stereocenters. The van der Waals surface area contributed by atoms with Crippen LogP contribution in [0.4, 0.5) is 5.69 Å². The molecule has 0 aromatic carbocycles. The molecule has 6 nitrogen and oxygen atoms in total. The Morgan fingerprint density at radius 3 is 2.80 bits per heavy atom. The number of hydrogen-bond donors (Lipinski definition) is 0. The van der Waals surface area contributed by atoms with Crippen molar-refractivity contribution in [3.63, 3.8) is 0 Å². The molecule has 1 aromatic heterocycles. The molecule has 0 amide bonds. The average Bonchev–Trinajstić information content (AvgIpc) is 2.26. The molecular weight excluding hydrogens is 198 g/mol. The maximum absolute atomic E-state index is 10.7. The van der Waals surface area contributed by atoms with Gasteiger partial charge in [0.05, 0.1) is 24.0 Å². The molecule has 1 aromatic rings. The van der Waals surface area contributed by atoms with Gasteiger partial charge in [-0.2, -0.15) is 5.26 Å². The number of pyridine rings is 1. The molecule has 1 rings (SSSR count). The Hall–Kier alpha value is -2.16. The van der Waals surface area contributed by atoms with E-state index in [1.807, 2.05) is 6.07 Å². The second-order valence-corrected chi connectivity index (χ2v) is 2.87. The zero-order valence-corrected chi connectivity index (χ0v) is 8.30. The standard InChI is InChI=1S/C9H9N3O3/c1-6(5-10)9-7(12(13)14)3-4-8(11-9)15-2/h3-4,6H,1-2H3. The Morgan fingerprint density at radius 2 is 2.33 bits per heavy atom. The van der Waals surface area contributed by atoms with Crippen LogP contribution in [0.2, 0.25) is 0 Å². The van der Waals surface area contributed by atoms with Crippen molar-refractivity contribution in [3.05, 3.63) is 27.9 Å². The van der Waals surface area contributed by atoms with Crippen LogP contribution in [0.25, 0.3) is 0 Å². The largest absolute Gasteiger partial charge is 0.481 e. The fourth-order valence-electron chi connectivity index (χ4n) is 1.10. The zero-order valence-electron chi connectivity index (χ0n) is 8.30. The zero-order chi connectivity index (χ0) is 11.4. The molecule has 1 heterocycles. The molecule has 6 heteroatoms. The number of nitriles is 1. The number of methoxy groups -OCH3 is 1. The van der Waals surface area contributed by atoms with Crippen molar-refractivity contribution in [2.45, 2.75) is 12.8 Å². The normalized spacial score (nSPS) is 11.5. The maximum atomic E-state index is 10.7. The molecule has 0 saturated heterocycles. The topological polar surface area (TPSA) is 89.0 Å². The quantitative estimate of drug-likeness (QED) is 0.555. The number of ether oxygens (including phenoxy) is 1. The first kappa shape index (κ1) is 10.9. The summed E-state index contributed by atoms with van der Waals surface area (Å²) in [7, 11) is 1.41. The third kappa shape index (κ3) is 2.20. The molecule has 0 spiro atoms. The molecule has 0 aliphatic carbocycles. The summed E-state index contributed by atoms with van der Waals surface area (Å²) >= 11 is 0. The van der Waals surface area contributed by atoms with Gasteiger partial charge >= 0.3 is 0 Å². The van der Waals surface area contributed by atoms with Crippen molar-refractivity contribution in [1.29, 1.82) is 5.26 Å². The third-order valence-electron chi connectivity index (χ3n) is 1.89. The van der Waals surface area contributed by atoms with E-state index in [1.165, 1.54) is 19.2 Å². The molecule has 0 saturated carbocycles. The van der Waals surface area contributed by atoms with E-state index < -0.39 is 10.8 Å². The Kier molecular flexibility index (Phi) is 3.18. The first-order chi connectivity index (χ1) is 7.10. The monoisotopic (exact) mass is 207 g/mol. The van der Waals surface area contributed by atoms with Crippen molar-refractivity contribution in [3.8, 4) is 11.9 Å². The third-order valence-corrected chi connectivity index (χ3v) is 1.89. The summed E-state index contributed by atoms with van der Waals surface area (Å²) in [6, 6.07) is 4.59. The predicted octanol–water partition coefficient (Wildman–Crippen LogP) is 1.63. The first-order valence-electron chi connectivity index (χ1n) is 4.19. The maximum Gasteiger partial charge on any atom is 0.292 e. The van der Waals surface area contributed by atoms with Crippen molar-refractivity contribution < 1.29 is 9.66 Å². The number of hydrogen-bond acceptors (Lipinski definition) is 5. The fraction of sp³-hybridized carbons (Fsp3) is 0.333. The van der Waals surface area contributed by atoms with E-state index in [0.29, 0.717) is 0 Å². The van der Waals surface area contributed by atoms with Crippen molar-refractivity contribution >= 4 is 5.69 Å². The molecule has 78 valence electrons. The van der Waals surface area contributed by atoms with Crippen LogP contribution in [0.5, 0.6) is 5.88 Å². The molecular formula is C9H9N3O3. The summed E-state index contributed by atoms with van der Waals surface area (Å²) in [6.45, 7) is 1.55. The van der Waals surface area contributed by atoms with Gasteiger partial charge in [-0.3, -0.25) is 10.1 Å². The van der Waals surface area contributed by atoms with E-state index in [4.69, 9.17) is 10.00 Å². The summed E-state index contributed by atoms with van der Waals surface area (Å²) in [5, 5.41) is 19.4. The molecule has 0 bridgehead atoms. The van der Waals surface area contributed by atoms with Gasteiger partial charge in [0.2, 0.25) is 5.88 Å². The second-order valence-electron chi connectivity index (χ2n) is 2.87. The predicted molar refractivity (Wildman–Crippen MR) is 51.5 cm³/mol. The fourth-order valence-corrected chi connectivity index (χ4v) is 1.10. The van der Waals surface area contributed by atoms with Gasteiger partial charge in [0.25, 0.3) is 5.69 Å². The van der Waals surface area contributed by atoms with Crippen LogP contribution < -0.4 is 4.74 Å². The van der Waals surface area contributed by atoms with Gasteiger partial charge in [-0.1, -0.05) is 0 Å². The van der Waals surface area contributed by atoms with Gasteiger partial charge in [-0.05, 0) is 6.92 Å². The molecule has 0 aliphatic rings. The summed E-state index contributed by atoms with van der Waals surface area (Å²) in [6.07, 6.45) is 0. The minimum absolute atomic E-state index is 0.127. The highest BCUT2D eigenvalue weighted by atomic mass is 16.6. The number of nitrogens with zero attached hydrogens (tertiary/aromatic N) is 3. The van der Waals surface area contributed by atoms with E-state index in [2.05, 4.69) is 4.98 Å². The van der Waals surface area contributed by atoms with Crippen LogP contribution in [0.15, 0.2) is 12.1 Å². The smallest absolute Gasteiger partial charge is 0.292 e. The minimum atomic E-state index is -0.638. The molecule has 0 fully saturated rings. The van der Waals surface area contributed by atoms with E-state index >= 15 is 0 Å². The highest BCUT2D eigenvalue weighted by molar-refractivity contribution is 5.41. The number of rotatable bonds is 3. The Labute approximate surface area is 86.3 Å². The van der Waals surface area contributed by atoms with Gasteiger partial charge in [0, 0.05) is 12.1 Å². The summed E-state index contributed by atoms with van der Waals surface area (Å²) in [4.78, 5) is 14.0. The lowest BCUT2D eigenvalue weighted by Gasteiger charge is -2.05. The van der Waals surface area contributed by atoms with Crippen LogP contribution in [0, 0.1) is 21.4 Å². The lowest BCUT2D eigenvalue weighted by atomic mass is 10.1. The van der Waals surface area contributed by atoms with E-state index in [9.17, 15) is 10.1 Å². The highest BCUT2D eigenvalue weighted by Gasteiger charge is 2.21. The van der Waals surface area contributed by atoms with Crippen LogP contribution in [-0.4, -0.2) is 17.0 Å². The highest BCUT2D eigenvalue weighted by Crippen LogP contribution is 2.26. The summed E-state index contributed by atoms with van der Waals surface area (Å²) in [5.41, 5.74) is -0.0355. The van der Waals surface area contributed by atoms with Crippen LogP contribution in [0.3, 0.4) is 0 Å². The second kappa shape index (κ2) is 4.37. The lowest BCUT2D eigenvalue weighted by molar-refractivity contribution is -0.386. The van der Waals surface area contributed by atoms with Crippen LogP contribution >= 0.6 is 0 Å². The van der Waals surface area contributed by atoms with E-state index in [0.717, 1.165) is 0 Å². The van der Waals surface area contributed by atoms with Gasteiger partial charge in [0.1, 0.15) is 5.69 Å². The Bertz CT molecular complexity index is 425. The molecule has 0 radical (unpaired) electrons. The molecule has 0 N–H and O–H groups in total. The van der Waals surface area contributed by atoms with Crippen LogP contribution in [-0.2, 0) is 0 Å². The summed E-state index contributed by atoms with van der Waals surface area (Å²) in [5.74, 6) is -0.377. The van der Waals surface area contributed by atoms with Gasteiger partial charge in [-0.25, -0.2) is 4.98 Å². The SMILES string of the molecule is COc1ccc([N+](=O)[O-])c(C(C)C#N)n1. The van der Waals surface area contributed by atoms with Crippen molar-refractivity contribution in [1.82, 2.24) is 4.98 Å². The molecule has 0 aliphatic heterocycles. The van der Waals surface area contributed by atoms with Gasteiger partial charge < -0.3 is 4.74 Å². The summed E-state index contributed by atoms with van der Waals surface area (Å²) < 4.78 is 4.84. The minimum Gasteiger partial charge on any atom is -0.481 e. The van der Waals surface area contributed by atoms with E-state index in [1.54, 1.807) is 6.92 Å². The number of nitro groups is 1. The molecule has 15 heavy (non-hydrogen) atoms. The first-order valence-corrected chi connectivity index (χ1v) is 4.19. The van der Waals surface area contributed by atoms with E-state index in [-0.39, 0.29) is 17.3 Å². The van der Waals surface area contributed by atoms with Gasteiger partial charge in [-0.15, -0.1) is 0 Å². The number of aromatic nitrogens is 1. The Balaban J connectivity index is 3.30. The van der Waals surface area contributed by atoms with Gasteiger partial charge in [0.15, 0.2) is 0 Å². The van der Waals surface area contributed by atoms with Crippen LogP contribution in [0.1, 0.15) is 18.5 Å². The average molecular weight is 207 g/mol. The van der Waals surface area contributed by atoms with Crippen molar-refractivity contribution in [2.24, 2.45) is 0 Å². The molecule has 1 unspecified atom stereocenters. The van der Waals surface area contributed by atoms with Crippen molar-refractivity contribution in [2.75, 3.05) is 7.11 Å². The lowest BCUT2D eigenvalue weighted by Crippen LogP contribution is -2.02. The Morgan fingerprint density at radius 1 is 1.67 bits per heavy atom.